The lowest BCUT2D eigenvalue weighted by molar-refractivity contribution is -0.235. The van der Waals surface area contributed by atoms with Crippen molar-refractivity contribution < 1.29 is 124 Å². The molecule has 0 spiro atoms. The lowest BCUT2D eigenvalue weighted by atomic mass is 9.44. The van der Waals surface area contributed by atoms with Crippen molar-refractivity contribution in [2.45, 2.75) is 220 Å². The molecule has 29 heteroatoms. The van der Waals surface area contributed by atoms with Crippen LogP contribution in [0.25, 0.3) is 0 Å². The van der Waals surface area contributed by atoms with Gasteiger partial charge in [-0.15, -0.1) is 0 Å². The van der Waals surface area contributed by atoms with Gasteiger partial charge in [-0.3, -0.25) is 24.0 Å². The summed E-state index contributed by atoms with van der Waals surface area (Å²) in [5, 5.41) is 68.8. The number of alkyl halides is 6. The SMILES string of the molecule is C=C1C=C[C@@]2(C)C(=C1)[C@@H](F)C[C@H]1[C@@H]3C[C@H]4O[C@@H](c5ccc(Oc6ccc(N)cc6)cc5)O[C@@]4(C(=O)CO)[C@@]3(C)C[C@H](O)[C@@]12F.CNc1ccc(Cc2ccc([C@@H]3O[C@@H]4C[C@H]5[C@@H]6C[C@H](F)C7=CC(=O)C=C[C@]7(C)[C@@]6(F)[C@@H](O)C[C@]5(C)[C@]4(C(=O)CO)O3)cc2)cc1OC.COc1cc(Cc2ccc([C@@H]3O[C@@H]4C[C@H]5[C@@H]6C[C@H](F)C7=CC(=O)C=C[C@]7(C)[C@@]6(F)[C@@H](O)C[C@]5(C)[C@]4(C(=O)CO)O3)cc2)ccc1N. The van der Waals surface area contributed by atoms with Crippen LogP contribution in [0.2, 0.25) is 0 Å². The number of carbonyl (C=O) groups excluding carboxylic acids is 5. The highest BCUT2D eigenvalue weighted by Gasteiger charge is 2.84. The van der Waals surface area contributed by atoms with Crippen molar-refractivity contribution >= 4 is 46.0 Å². The number of Topliss-reactive ketones (excluding diaryl/α,β-unsaturated/α-hetero) is 3. The number of nitrogen functional groups attached to an aromatic ring is 2. The number of methoxy groups -OCH3 is 2. The first-order chi connectivity index (χ1) is 65.0. The van der Waals surface area contributed by atoms with E-state index < -0.39 is 225 Å². The molecule has 0 unspecified atom stereocenters. The minimum absolute atomic E-state index is 0.0345. The molecule has 0 aromatic heterocycles. The van der Waals surface area contributed by atoms with E-state index in [1.807, 2.05) is 85.9 Å². The molecule has 15 aliphatic rings. The fourth-order valence-electron chi connectivity index (χ4n) is 28.6. The first-order valence-corrected chi connectivity index (χ1v) is 47.1. The molecule has 21 rings (SSSR count). The number of aliphatic hydroxyl groups excluding tert-OH is 6. The van der Waals surface area contributed by atoms with Gasteiger partial charge in [0.05, 0.1) is 62.2 Å². The number of allylic oxidation sites excluding steroid dienone is 13. The molecule has 0 amide bonds. The Morgan fingerprint density at radius 2 is 0.774 bits per heavy atom. The van der Waals surface area contributed by atoms with Gasteiger partial charge in [0.15, 0.2) is 81.6 Å². The Hall–Kier alpha value is -10.3. The summed E-state index contributed by atoms with van der Waals surface area (Å²) in [6, 6.07) is 40.9. The quantitative estimate of drug-likeness (QED) is 0.0285. The van der Waals surface area contributed by atoms with Gasteiger partial charge in [-0.1, -0.05) is 131 Å². The number of carbonyl (C=O) groups is 5. The van der Waals surface area contributed by atoms with Gasteiger partial charge >= 0.3 is 0 Å². The first kappa shape index (κ1) is 95.7. The monoisotopic (exact) mass is 1890 g/mol. The number of benzene rings is 6. The number of halogens is 6. The zero-order chi connectivity index (χ0) is 97.6. The summed E-state index contributed by atoms with van der Waals surface area (Å²) in [6.45, 7) is 11.5. The molecule has 11 N–H and O–H groups in total. The second kappa shape index (κ2) is 34.0. The van der Waals surface area contributed by atoms with E-state index in [9.17, 15) is 54.6 Å². The Balaban J connectivity index is 0.000000132. The topological polar surface area (TPSA) is 354 Å². The molecule has 6 aromatic carbocycles. The van der Waals surface area contributed by atoms with Crippen molar-refractivity contribution in [1.29, 1.82) is 0 Å². The van der Waals surface area contributed by atoms with Crippen molar-refractivity contribution in [1.82, 2.24) is 0 Å². The van der Waals surface area contributed by atoms with Crippen molar-refractivity contribution in [3.8, 4) is 23.0 Å². The lowest BCUT2D eigenvalue weighted by Gasteiger charge is -2.63. The van der Waals surface area contributed by atoms with Gasteiger partial charge in [-0.2, -0.15) is 0 Å². The number of nitrogens with one attached hydrogen (secondary N) is 1. The summed E-state index contributed by atoms with van der Waals surface area (Å²) in [4.78, 5) is 65.5. The van der Waals surface area contributed by atoms with Gasteiger partial charge in [0.25, 0.3) is 0 Å². The predicted octanol–water partition coefficient (Wildman–Crippen LogP) is 15.2. The molecule has 9 saturated carbocycles. The van der Waals surface area contributed by atoms with Gasteiger partial charge in [-0.25, -0.2) is 26.3 Å². The summed E-state index contributed by atoms with van der Waals surface area (Å²) >= 11 is 0. The minimum atomic E-state index is -2.30. The standard InChI is InChI=1S/C37H41F2NO7.C36H39F2NO7.C35H37F2NO6/c1-34-12-11-23(42)15-26(34)27(38)16-25-24-17-32-37(31(44)19-41,35(24,2)18-30(43)36(25,34)39)47-33(46-32)22-8-5-20(6-9-22)13-21-7-10-28(40-3)29(14-21)45-4;1-33-11-10-22(41)14-25(33)26(37)15-24-23-16-31-36(30(43)18-40,34(23,2)17-29(42)35(24,33)38)46-32(45-31)21-7-4-19(5-8-21)12-20-6-9-27(39)28(13-20)44-3;1-19-12-13-32(2)26(14-19)27(36)15-25-24-16-30-35(29(41)18-39,33(24,3)17-28(40)34(25,32)37)44-31(43-30)20-4-8-22(9-5-20)42-23-10-6-21(38)7-11-23/h5-12,14-15,24-25,27,30,32-33,40-41,43H,13,16-19H2,1-4H3;4-11,13-14,23-24,26,29,31-32,40,42H,12,15-18,39H2,1-3H3;4-14,24-25,27-28,30-31,39-40H,1,15-18,38H2,2-3H3/t24-,25-,27-,30-,32+,33+,34-,35-,36-,37+;23-,24-,26-,29-,31+,32+,33-,34-,35-,36+;24-,25-,27-,28-,30+,31+,32-,33-,34-,35+/m000/s1. The molecule has 12 fully saturated rings. The van der Waals surface area contributed by atoms with Crippen molar-refractivity contribution in [2.75, 3.05) is 57.9 Å². The third-order valence-corrected chi connectivity index (χ3v) is 35.3. The van der Waals surface area contributed by atoms with E-state index in [1.165, 1.54) is 38.2 Å². The van der Waals surface area contributed by atoms with Crippen LogP contribution < -0.4 is 31.0 Å². The highest BCUT2D eigenvalue weighted by atomic mass is 19.2. The van der Waals surface area contributed by atoms with Crippen LogP contribution in [0, 0.1) is 68.0 Å². The number of anilines is 3. The van der Waals surface area contributed by atoms with Crippen LogP contribution in [0.5, 0.6) is 23.0 Å². The Labute approximate surface area is 790 Å². The zero-order valence-corrected chi connectivity index (χ0v) is 77.7. The van der Waals surface area contributed by atoms with Crippen molar-refractivity contribution in [3.05, 3.63) is 256 Å². The first-order valence-electron chi connectivity index (χ1n) is 47.1. The number of ketones is 5. The number of ether oxygens (including phenoxy) is 9. The number of hydrogen-bond donors (Lipinski definition) is 9. The predicted molar refractivity (Wildman–Crippen MR) is 493 cm³/mol. The smallest absolute Gasteiger partial charge is 0.193 e. The molecular weight excluding hydrogens is 1770 g/mol. The molecule has 0 bridgehead atoms. The Bertz CT molecular complexity index is 6060. The number of fused-ring (bicyclic) bond motifs is 21. The van der Waals surface area contributed by atoms with Crippen LogP contribution in [0.15, 0.2) is 217 Å². The minimum Gasteiger partial charge on any atom is -0.495 e. The van der Waals surface area contributed by atoms with Crippen molar-refractivity contribution in [3.63, 3.8) is 0 Å². The fourth-order valence-corrected chi connectivity index (χ4v) is 28.6. The van der Waals surface area contributed by atoms with E-state index in [4.69, 9.17) is 54.1 Å². The number of nitrogens with two attached hydrogens (primary N) is 2. The average molecular weight is 1890 g/mol. The number of hydrogen-bond acceptors (Lipinski definition) is 23. The molecule has 12 aliphatic carbocycles. The maximum absolute atomic E-state index is 17.6. The van der Waals surface area contributed by atoms with E-state index in [0.717, 1.165) is 45.8 Å². The molecule has 3 aliphatic heterocycles. The third-order valence-electron chi connectivity index (χ3n) is 35.3. The second-order valence-corrected chi connectivity index (χ2v) is 41.6. The maximum atomic E-state index is 17.6. The van der Waals surface area contributed by atoms with E-state index in [0.29, 0.717) is 63.7 Å². The summed E-state index contributed by atoms with van der Waals surface area (Å²) in [7, 11) is 5.03. The Morgan fingerprint density at radius 3 is 1.13 bits per heavy atom. The lowest BCUT2D eigenvalue weighted by Crippen LogP contribution is -2.70. The van der Waals surface area contributed by atoms with Crippen LogP contribution in [0.3, 0.4) is 0 Å². The maximum Gasteiger partial charge on any atom is 0.193 e. The zero-order valence-electron chi connectivity index (χ0n) is 77.7. The van der Waals surface area contributed by atoms with Crippen LogP contribution >= 0.6 is 0 Å². The highest BCUT2D eigenvalue weighted by molar-refractivity contribution is 6.02. The summed E-state index contributed by atoms with van der Waals surface area (Å²) in [5.41, 5.74) is 1.04. The van der Waals surface area contributed by atoms with Gasteiger partial charge in [0.1, 0.15) is 61.3 Å². The third kappa shape index (κ3) is 13.8. The normalized spacial score (nSPS) is 41.0. The van der Waals surface area contributed by atoms with E-state index >= 15 is 26.3 Å². The van der Waals surface area contributed by atoms with Crippen LogP contribution in [-0.4, -0.2) is 190 Å². The molecule has 0 radical (unpaired) electrons. The Kier molecular flexibility index (Phi) is 23.8. The fraction of sp³-hybridized carbons (Fsp3) is 0.491. The molecule has 3 heterocycles. The second-order valence-electron chi connectivity index (χ2n) is 41.6. The molecule has 726 valence electrons. The molecule has 3 saturated heterocycles. The Morgan fingerprint density at radius 1 is 0.445 bits per heavy atom. The number of aliphatic hydroxyl groups is 6. The molecule has 30 atom stereocenters. The van der Waals surface area contributed by atoms with E-state index in [-0.39, 0.29) is 74.5 Å². The summed E-state index contributed by atoms with van der Waals surface area (Å²) < 4.78 is 156. The van der Waals surface area contributed by atoms with Gasteiger partial charge in [0.2, 0.25) is 0 Å². The largest absolute Gasteiger partial charge is 0.495 e. The molecular formula is C108H117F6N3O20. The number of rotatable bonds is 18. The average Bonchev–Trinajstić information content (AvgIpc) is 1.58. The van der Waals surface area contributed by atoms with E-state index in [2.05, 4.69) is 11.9 Å². The van der Waals surface area contributed by atoms with Gasteiger partial charge in [0, 0.05) is 79.7 Å². The van der Waals surface area contributed by atoms with Crippen LogP contribution in [0.1, 0.15) is 157 Å². The summed E-state index contributed by atoms with van der Waals surface area (Å²) in [6.07, 6.45) is -1.54. The molecule has 23 nitrogen and oxygen atoms in total. The van der Waals surface area contributed by atoms with Crippen LogP contribution in [0.4, 0.5) is 43.4 Å². The van der Waals surface area contributed by atoms with Gasteiger partial charge < -0.3 is 90.1 Å². The van der Waals surface area contributed by atoms with Crippen molar-refractivity contribution in [2.24, 2.45) is 68.0 Å². The van der Waals surface area contributed by atoms with E-state index in [1.54, 1.807) is 115 Å². The highest BCUT2D eigenvalue weighted by Crippen LogP contribution is 2.77. The van der Waals surface area contributed by atoms with Gasteiger partial charge in [-0.05, 0) is 239 Å². The summed E-state index contributed by atoms with van der Waals surface area (Å²) in [5.74, 6) is -4.78. The molecule has 6 aromatic rings. The van der Waals surface area contributed by atoms with Crippen LogP contribution in [-0.2, 0) is 65.2 Å². The molecule has 137 heavy (non-hydrogen) atoms.